The highest BCUT2D eigenvalue weighted by atomic mass is 16.2. The van der Waals surface area contributed by atoms with Gasteiger partial charge in [0.1, 0.15) is 0 Å². The molecule has 21 heavy (non-hydrogen) atoms. The van der Waals surface area contributed by atoms with Crippen LogP contribution in [-0.4, -0.2) is 59.4 Å². The number of amides is 2. The first-order chi connectivity index (χ1) is 10.1. The van der Waals surface area contributed by atoms with E-state index < -0.39 is 0 Å². The Hall–Kier alpha value is -1.10. The lowest BCUT2D eigenvalue weighted by molar-refractivity contribution is -0.140. The van der Waals surface area contributed by atoms with Gasteiger partial charge in [-0.3, -0.25) is 14.5 Å². The summed E-state index contributed by atoms with van der Waals surface area (Å²) in [7, 11) is 0. The molecule has 3 rings (SSSR count). The van der Waals surface area contributed by atoms with E-state index >= 15 is 0 Å². The predicted octanol–water partition coefficient (Wildman–Crippen LogP) is 0.986. The van der Waals surface area contributed by atoms with Crippen LogP contribution < -0.4 is 5.32 Å². The molecule has 2 bridgehead atoms. The molecular weight excluding hydrogens is 266 g/mol. The number of fused-ring (bicyclic) bond motifs is 2. The summed E-state index contributed by atoms with van der Waals surface area (Å²) in [5.41, 5.74) is 0. The van der Waals surface area contributed by atoms with Crippen LogP contribution in [0.2, 0.25) is 0 Å². The molecule has 0 radical (unpaired) electrons. The van der Waals surface area contributed by atoms with Crippen molar-refractivity contribution in [2.45, 2.75) is 64.1 Å². The van der Waals surface area contributed by atoms with Gasteiger partial charge >= 0.3 is 0 Å². The Labute approximate surface area is 127 Å². The average Bonchev–Trinajstić information content (AvgIpc) is 2.73. The molecule has 3 aliphatic rings. The standard InChI is InChI=1S/C16H27N3O2/c1-11(2)19-13-3-4-14(19)10-18(8-6-13)16(21)12-5-7-17-15(20)9-12/h11-14H,3-10H2,1-2H3,(H,17,20)/t12-,13-,14-/m0/s1. The summed E-state index contributed by atoms with van der Waals surface area (Å²) in [5.74, 6) is 0.142. The van der Waals surface area contributed by atoms with Crippen molar-refractivity contribution in [1.29, 1.82) is 0 Å². The minimum Gasteiger partial charge on any atom is -0.356 e. The second kappa shape index (κ2) is 5.95. The number of rotatable bonds is 2. The summed E-state index contributed by atoms with van der Waals surface area (Å²) >= 11 is 0. The van der Waals surface area contributed by atoms with Crippen LogP contribution in [0.1, 0.15) is 46.0 Å². The Morgan fingerprint density at radius 2 is 1.95 bits per heavy atom. The summed E-state index contributed by atoms with van der Waals surface area (Å²) < 4.78 is 0. The van der Waals surface area contributed by atoms with Gasteiger partial charge in [-0.2, -0.15) is 0 Å². The van der Waals surface area contributed by atoms with Crippen LogP contribution in [0.15, 0.2) is 0 Å². The highest BCUT2D eigenvalue weighted by molar-refractivity contribution is 5.87. The Morgan fingerprint density at radius 3 is 2.67 bits per heavy atom. The van der Waals surface area contributed by atoms with Gasteiger partial charge in [0.25, 0.3) is 0 Å². The van der Waals surface area contributed by atoms with Crippen LogP contribution in [-0.2, 0) is 9.59 Å². The molecule has 3 aliphatic heterocycles. The van der Waals surface area contributed by atoms with Gasteiger partial charge in [-0.25, -0.2) is 0 Å². The van der Waals surface area contributed by atoms with Gasteiger partial charge in [-0.1, -0.05) is 0 Å². The average molecular weight is 293 g/mol. The molecule has 2 amide bonds. The third kappa shape index (κ3) is 2.93. The van der Waals surface area contributed by atoms with Crippen molar-refractivity contribution in [3.63, 3.8) is 0 Å². The van der Waals surface area contributed by atoms with Crippen molar-refractivity contribution in [2.75, 3.05) is 19.6 Å². The van der Waals surface area contributed by atoms with Crippen molar-refractivity contribution in [2.24, 2.45) is 5.92 Å². The molecule has 0 aromatic heterocycles. The Bertz CT molecular complexity index is 424. The summed E-state index contributed by atoms with van der Waals surface area (Å²) in [4.78, 5) is 28.9. The van der Waals surface area contributed by atoms with E-state index in [9.17, 15) is 9.59 Å². The number of hydrogen-bond acceptors (Lipinski definition) is 3. The number of likely N-dealkylation sites (tertiary alicyclic amines) is 1. The van der Waals surface area contributed by atoms with E-state index in [1.165, 1.54) is 12.8 Å². The molecule has 3 fully saturated rings. The van der Waals surface area contributed by atoms with E-state index in [1.54, 1.807) is 0 Å². The van der Waals surface area contributed by atoms with Gasteiger partial charge in [0, 0.05) is 50.1 Å². The zero-order chi connectivity index (χ0) is 15.0. The zero-order valence-corrected chi connectivity index (χ0v) is 13.2. The zero-order valence-electron chi connectivity index (χ0n) is 13.2. The molecule has 0 aromatic rings. The first-order valence-electron chi connectivity index (χ1n) is 8.39. The molecule has 0 unspecified atom stereocenters. The molecule has 0 aromatic carbocycles. The summed E-state index contributed by atoms with van der Waals surface area (Å²) in [5, 5.41) is 2.81. The van der Waals surface area contributed by atoms with E-state index in [0.29, 0.717) is 31.1 Å². The lowest BCUT2D eigenvalue weighted by Gasteiger charge is -2.33. The van der Waals surface area contributed by atoms with Gasteiger partial charge < -0.3 is 10.2 Å². The molecule has 0 spiro atoms. The topological polar surface area (TPSA) is 52.6 Å². The van der Waals surface area contributed by atoms with Gasteiger partial charge in [-0.15, -0.1) is 0 Å². The molecular formula is C16H27N3O2. The number of nitrogens with one attached hydrogen (secondary N) is 1. The van der Waals surface area contributed by atoms with Crippen LogP contribution in [0.25, 0.3) is 0 Å². The van der Waals surface area contributed by atoms with Gasteiger partial charge in [0.15, 0.2) is 0 Å². The lowest BCUT2D eigenvalue weighted by Crippen LogP contribution is -2.47. The number of nitrogens with zero attached hydrogens (tertiary/aromatic N) is 2. The third-order valence-corrected chi connectivity index (χ3v) is 5.34. The van der Waals surface area contributed by atoms with Crippen molar-refractivity contribution >= 4 is 11.8 Å². The van der Waals surface area contributed by atoms with Gasteiger partial charge in [0.2, 0.25) is 11.8 Å². The predicted molar refractivity (Wildman–Crippen MR) is 80.7 cm³/mol. The normalized spacial score (nSPS) is 34.0. The number of carbonyl (C=O) groups excluding carboxylic acids is 2. The molecule has 3 heterocycles. The molecule has 3 atom stereocenters. The monoisotopic (exact) mass is 293 g/mol. The lowest BCUT2D eigenvalue weighted by atomic mass is 9.95. The highest BCUT2D eigenvalue weighted by Crippen LogP contribution is 2.32. The Morgan fingerprint density at radius 1 is 1.19 bits per heavy atom. The number of carbonyl (C=O) groups is 2. The molecule has 118 valence electrons. The maximum atomic E-state index is 12.7. The van der Waals surface area contributed by atoms with Crippen molar-refractivity contribution in [3.05, 3.63) is 0 Å². The first kappa shape index (κ1) is 14.8. The van der Waals surface area contributed by atoms with Crippen LogP contribution in [0, 0.1) is 5.92 Å². The molecule has 3 saturated heterocycles. The fourth-order valence-electron chi connectivity index (χ4n) is 4.41. The summed E-state index contributed by atoms with van der Waals surface area (Å²) in [6.45, 7) is 6.88. The molecule has 1 N–H and O–H groups in total. The van der Waals surface area contributed by atoms with Crippen LogP contribution >= 0.6 is 0 Å². The molecule has 0 saturated carbocycles. The minimum absolute atomic E-state index is 0.0275. The summed E-state index contributed by atoms with van der Waals surface area (Å²) in [6.07, 6.45) is 4.73. The highest BCUT2D eigenvalue weighted by Gasteiger charge is 2.40. The van der Waals surface area contributed by atoms with E-state index in [1.807, 2.05) is 4.90 Å². The fraction of sp³-hybridized carbons (Fsp3) is 0.875. The quantitative estimate of drug-likeness (QED) is 0.826. The van der Waals surface area contributed by atoms with Crippen LogP contribution in [0.5, 0.6) is 0 Å². The Balaban J connectivity index is 1.67. The first-order valence-corrected chi connectivity index (χ1v) is 8.39. The van der Waals surface area contributed by atoms with Crippen LogP contribution in [0.3, 0.4) is 0 Å². The Kier molecular flexibility index (Phi) is 4.20. The van der Waals surface area contributed by atoms with Crippen molar-refractivity contribution in [1.82, 2.24) is 15.1 Å². The van der Waals surface area contributed by atoms with E-state index in [2.05, 4.69) is 24.1 Å². The van der Waals surface area contributed by atoms with Crippen molar-refractivity contribution < 1.29 is 9.59 Å². The van der Waals surface area contributed by atoms with Crippen molar-refractivity contribution in [3.8, 4) is 0 Å². The smallest absolute Gasteiger partial charge is 0.226 e. The maximum Gasteiger partial charge on any atom is 0.226 e. The van der Waals surface area contributed by atoms with Crippen LogP contribution in [0.4, 0.5) is 0 Å². The molecule has 5 heteroatoms. The van der Waals surface area contributed by atoms with E-state index in [-0.39, 0.29) is 17.7 Å². The largest absolute Gasteiger partial charge is 0.356 e. The number of hydrogen-bond donors (Lipinski definition) is 1. The van der Waals surface area contributed by atoms with Gasteiger partial charge in [-0.05, 0) is 39.5 Å². The molecule has 5 nitrogen and oxygen atoms in total. The summed E-state index contributed by atoms with van der Waals surface area (Å²) in [6, 6.07) is 1.71. The van der Waals surface area contributed by atoms with E-state index in [4.69, 9.17) is 0 Å². The fourth-order valence-corrected chi connectivity index (χ4v) is 4.41. The number of piperidine rings is 1. The second-order valence-electron chi connectivity index (χ2n) is 7.04. The minimum atomic E-state index is -0.0946. The second-order valence-corrected chi connectivity index (χ2v) is 7.04. The maximum absolute atomic E-state index is 12.7. The van der Waals surface area contributed by atoms with Gasteiger partial charge in [0.05, 0.1) is 0 Å². The third-order valence-electron chi connectivity index (χ3n) is 5.34. The van der Waals surface area contributed by atoms with E-state index in [0.717, 1.165) is 25.9 Å². The SMILES string of the molecule is CC(C)N1[C@H]2CC[C@H]1CN(C(=O)[C@H]1CCNC(=O)C1)CC2. The molecule has 0 aliphatic carbocycles.